The standard InChI is InChI=1S/C43H50F3N9O6/c1-5-32(52-42(59)60-4)40(57)55-34-9-7-6-8-28(34)20-35(55)38-49-23-33(51-38)27-12-10-26(11-13-27)31-16-14-29(21-36(31)61-43(44,45)46)39(56)50-30-15-17-37(48-22-30)54-19-18-53(24-25(54)2)41(58)47-3/h10-17,21-23,25,28,32,34-35H,5-9,18-20,24H2,1-4H3,(H,47,58)(H,49,51)(H,50,56)(H,52,59)/t25-,28+,32+,34+,35+/m1/s1. The van der Waals surface area contributed by atoms with E-state index in [1.165, 1.54) is 25.4 Å². The molecule has 0 bridgehead atoms. The van der Waals surface area contributed by atoms with Gasteiger partial charge in [0.2, 0.25) is 5.91 Å². The molecule has 61 heavy (non-hydrogen) atoms. The Morgan fingerprint density at radius 3 is 2.39 bits per heavy atom. The van der Waals surface area contributed by atoms with E-state index in [1.54, 1.807) is 54.5 Å². The molecule has 1 saturated carbocycles. The van der Waals surface area contributed by atoms with Crippen molar-refractivity contribution in [3.8, 4) is 28.1 Å². The molecule has 5 amide bonds. The van der Waals surface area contributed by atoms with Crippen LogP contribution in [0.3, 0.4) is 0 Å². The number of alkyl halides is 3. The van der Waals surface area contributed by atoms with Crippen LogP contribution in [0.1, 0.15) is 74.6 Å². The second-order valence-electron chi connectivity index (χ2n) is 15.6. The van der Waals surface area contributed by atoms with Crippen molar-refractivity contribution in [3.63, 3.8) is 0 Å². The molecule has 0 spiro atoms. The Balaban J connectivity index is 1.06. The largest absolute Gasteiger partial charge is 0.573 e. The maximum Gasteiger partial charge on any atom is 0.573 e. The van der Waals surface area contributed by atoms with E-state index in [0.29, 0.717) is 66.1 Å². The second-order valence-corrected chi connectivity index (χ2v) is 15.6. The first kappa shape index (κ1) is 42.8. The van der Waals surface area contributed by atoms with Crippen molar-refractivity contribution in [2.24, 2.45) is 5.92 Å². The molecule has 0 unspecified atom stereocenters. The topological polar surface area (TPSA) is 174 Å². The first-order chi connectivity index (χ1) is 29.3. The molecule has 2 saturated heterocycles. The second kappa shape index (κ2) is 18.1. The van der Waals surface area contributed by atoms with Gasteiger partial charge in [-0.15, -0.1) is 13.2 Å². The van der Waals surface area contributed by atoms with Crippen LogP contribution in [0.5, 0.6) is 5.75 Å². The van der Waals surface area contributed by atoms with Crippen LogP contribution < -0.4 is 25.6 Å². The lowest BCUT2D eigenvalue weighted by atomic mass is 9.84. The van der Waals surface area contributed by atoms with Gasteiger partial charge in [-0.05, 0) is 80.0 Å². The van der Waals surface area contributed by atoms with Crippen LogP contribution in [-0.4, -0.2) is 107 Å². The minimum absolute atomic E-state index is 0.00569. The third kappa shape index (κ3) is 9.52. The number of nitrogens with one attached hydrogen (secondary N) is 4. The van der Waals surface area contributed by atoms with Gasteiger partial charge in [-0.2, -0.15) is 0 Å². The van der Waals surface area contributed by atoms with Crippen molar-refractivity contribution in [3.05, 3.63) is 78.4 Å². The summed E-state index contributed by atoms with van der Waals surface area (Å²) in [5.74, 6) is 0.200. The van der Waals surface area contributed by atoms with Crippen LogP contribution >= 0.6 is 0 Å². The van der Waals surface area contributed by atoms with Gasteiger partial charge in [0, 0.05) is 49.9 Å². The summed E-state index contributed by atoms with van der Waals surface area (Å²) in [5, 5.41) is 8.01. The summed E-state index contributed by atoms with van der Waals surface area (Å²) in [4.78, 5) is 69.6. The zero-order valence-corrected chi connectivity index (χ0v) is 34.4. The number of hydrogen-bond acceptors (Lipinski definition) is 9. The monoisotopic (exact) mass is 845 g/mol. The Kier molecular flexibility index (Phi) is 12.7. The van der Waals surface area contributed by atoms with Crippen LogP contribution in [0.15, 0.2) is 67.0 Å². The Hall–Kier alpha value is -6.33. The summed E-state index contributed by atoms with van der Waals surface area (Å²) in [7, 11) is 2.85. The molecule has 7 rings (SSSR count). The van der Waals surface area contributed by atoms with E-state index in [9.17, 15) is 32.3 Å². The summed E-state index contributed by atoms with van der Waals surface area (Å²) in [6.45, 7) is 5.41. The predicted molar refractivity (Wildman–Crippen MR) is 221 cm³/mol. The lowest BCUT2D eigenvalue weighted by Crippen LogP contribution is -2.55. The van der Waals surface area contributed by atoms with Gasteiger partial charge in [0.1, 0.15) is 23.4 Å². The van der Waals surface area contributed by atoms with Crippen molar-refractivity contribution >= 4 is 35.4 Å². The number of anilines is 2. The Labute approximate surface area is 351 Å². The summed E-state index contributed by atoms with van der Waals surface area (Å²) in [6, 6.07) is 12.9. The molecule has 2 aromatic heterocycles. The molecule has 324 valence electrons. The van der Waals surface area contributed by atoms with E-state index >= 15 is 0 Å². The Morgan fingerprint density at radius 1 is 0.967 bits per heavy atom. The number of hydrogen-bond donors (Lipinski definition) is 4. The number of aromatic nitrogens is 3. The highest BCUT2D eigenvalue weighted by atomic mass is 19.4. The van der Waals surface area contributed by atoms with Crippen LogP contribution in [0.2, 0.25) is 0 Å². The van der Waals surface area contributed by atoms with Crippen molar-refractivity contribution in [2.75, 3.05) is 44.0 Å². The van der Waals surface area contributed by atoms with Gasteiger partial charge < -0.3 is 45.1 Å². The molecule has 5 atom stereocenters. The third-order valence-electron chi connectivity index (χ3n) is 11.8. The molecule has 4 aromatic rings. The highest BCUT2D eigenvalue weighted by molar-refractivity contribution is 6.05. The van der Waals surface area contributed by atoms with Gasteiger partial charge in [0.25, 0.3) is 5.91 Å². The Bertz CT molecular complexity index is 2220. The molecular weight excluding hydrogens is 796 g/mol. The number of likely N-dealkylation sites (tertiary alicyclic amines) is 1. The molecule has 18 heteroatoms. The fourth-order valence-corrected chi connectivity index (χ4v) is 8.81. The SMILES string of the molecule is CC[C@H](NC(=O)OC)C(=O)N1[C@H](c2ncc(-c3ccc(-c4ccc(C(=O)Nc5ccc(N6CCN(C(=O)NC)C[C@H]6C)nc5)cc4OC(F)(F)F)cc3)[nH]2)C[C@@H]2CCCC[C@@H]21. The number of amides is 5. The summed E-state index contributed by atoms with van der Waals surface area (Å²) in [5.41, 5.74) is 2.19. The maximum absolute atomic E-state index is 14.0. The summed E-state index contributed by atoms with van der Waals surface area (Å²) >= 11 is 0. The average molecular weight is 846 g/mol. The molecule has 4 N–H and O–H groups in total. The molecule has 0 radical (unpaired) electrons. The number of aromatic amines is 1. The van der Waals surface area contributed by atoms with E-state index in [1.807, 2.05) is 18.7 Å². The van der Waals surface area contributed by atoms with Crippen molar-refractivity contribution < 1.29 is 41.8 Å². The lowest BCUT2D eigenvalue weighted by Gasteiger charge is -2.40. The fraction of sp³-hybridized carbons (Fsp3) is 0.442. The number of alkyl carbamates (subject to hydrolysis) is 1. The predicted octanol–water partition coefficient (Wildman–Crippen LogP) is 7.11. The number of urea groups is 1. The van der Waals surface area contributed by atoms with Gasteiger partial charge in [0.05, 0.1) is 36.9 Å². The number of H-pyrrole nitrogens is 1. The molecule has 2 aromatic carbocycles. The van der Waals surface area contributed by atoms with Gasteiger partial charge in [-0.1, -0.05) is 44.0 Å². The molecule has 15 nitrogen and oxygen atoms in total. The van der Waals surface area contributed by atoms with Gasteiger partial charge in [-0.3, -0.25) is 9.59 Å². The van der Waals surface area contributed by atoms with Crippen molar-refractivity contribution in [1.82, 2.24) is 35.4 Å². The minimum Gasteiger partial charge on any atom is -0.453 e. The minimum atomic E-state index is -5.03. The molecule has 3 fully saturated rings. The van der Waals surface area contributed by atoms with E-state index in [0.717, 1.165) is 38.2 Å². The molecule has 1 aliphatic carbocycles. The zero-order chi connectivity index (χ0) is 43.4. The lowest BCUT2D eigenvalue weighted by molar-refractivity contribution is -0.274. The normalized spacial score (nSPS) is 20.7. The van der Waals surface area contributed by atoms with Crippen LogP contribution in [0, 0.1) is 5.92 Å². The van der Waals surface area contributed by atoms with Gasteiger partial charge in [-0.25, -0.2) is 19.6 Å². The number of nitrogens with zero attached hydrogens (tertiary/aromatic N) is 5. The zero-order valence-electron chi connectivity index (χ0n) is 34.4. The Morgan fingerprint density at radius 2 is 1.72 bits per heavy atom. The highest BCUT2D eigenvalue weighted by Crippen LogP contribution is 2.46. The van der Waals surface area contributed by atoms with Crippen LogP contribution in [-0.2, 0) is 9.53 Å². The molecular formula is C43H50F3N9O6. The van der Waals surface area contributed by atoms with E-state index in [4.69, 9.17) is 9.72 Å². The first-order valence-electron chi connectivity index (χ1n) is 20.5. The number of carbonyl (C=O) groups is 4. The third-order valence-corrected chi connectivity index (χ3v) is 11.8. The van der Waals surface area contributed by atoms with Crippen molar-refractivity contribution in [2.45, 2.75) is 82.9 Å². The number of benzene rings is 2. The maximum atomic E-state index is 14.0. The van der Waals surface area contributed by atoms with E-state index in [2.05, 4.69) is 35.6 Å². The summed E-state index contributed by atoms with van der Waals surface area (Å²) < 4.78 is 50.4. The smallest absolute Gasteiger partial charge is 0.453 e. The summed E-state index contributed by atoms with van der Waals surface area (Å²) in [6.07, 6.45) is 2.53. The highest BCUT2D eigenvalue weighted by Gasteiger charge is 2.47. The van der Waals surface area contributed by atoms with Crippen molar-refractivity contribution in [1.29, 1.82) is 0 Å². The number of carbonyl (C=O) groups excluding carboxylic acids is 4. The fourth-order valence-electron chi connectivity index (χ4n) is 8.81. The number of fused-ring (bicyclic) bond motifs is 1. The van der Waals surface area contributed by atoms with E-state index in [-0.39, 0.29) is 41.2 Å². The van der Waals surface area contributed by atoms with Gasteiger partial charge in [0.15, 0.2) is 0 Å². The number of methoxy groups -OCH3 is 1. The number of ether oxygens (including phenoxy) is 2. The van der Waals surface area contributed by atoms with Crippen LogP contribution in [0.4, 0.5) is 34.3 Å². The molecule has 3 aliphatic rings. The molecule has 4 heterocycles. The number of pyridine rings is 1. The number of rotatable bonds is 10. The van der Waals surface area contributed by atoms with Crippen LogP contribution in [0.25, 0.3) is 22.4 Å². The quantitative estimate of drug-likeness (QED) is 0.130. The number of imidazole rings is 1. The number of piperazine rings is 1. The van der Waals surface area contributed by atoms with Gasteiger partial charge >= 0.3 is 18.5 Å². The van der Waals surface area contributed by atoms with E-state index < -0.39 is 30.2 Å². The average Bonchev–Trinajstić information content (AvgIpc) is 3.91. The number of halogens is 3. The first-order valence-corrected chi connectivity index (χ1v) is 20.5. The molecule has 2 aliphatic heterocycles.